The fraction of sp³-hybridized carbons (Fsp3) is 0.500. The Morgan fingerprint density at radius 3 is 2.57 bits per heavy atom. The highest BCUT2D eigenvalue weighted by molar-refractivity contribution is 5.97. The van der Waals surface area contributed by atoms with E-state index in [1.165, 1.54) is 0 Å². The maximum Gasteiger partial charge on any atom is 0.250 e. The second-order valence-electron chi connectivity index (χ2n) is 5.66. The second kappa shape index (κ2) is 5.85. The molecule has 1 saturated carbocycles. The van der Waals surface area contributed by atoms with Crippen LogP contribution in [0.25, 0.3) is 0 Å². The fourth-order valence-electron chi connectivity index (χ4n) is 2.92. The van der Waals surface area contributed by atoms with Gasteiger partial charge in [0, 0.05) is 13.7 Å². The minimum Gasteiger partial charge on any atom is -0.383 e. The first-order chi connectivity index (χ1) is 10.2. The summed E-state index contributed by atoms with van der Waals surface area (Å²) in [4.78, 5) is 26.9. The van der Waals surface area contributed by atoms with E-state index in [2.05, 4.69) is 5.32 Å². The average molecular weight is 288 g/mol. The Morgan fingerprint density at radius 1 is 1.24 bits per heavy atom. The normalized spacial score (nSPS) is 25.9. The van der Waals surface area contributed by atoms with Crippen LogP contribution in [0.2, 0.25) is 0 Å². The third-order valence-corrected chi connectivity index (χ3v) is 4.16. The number of amides is 2. The number of nitrogens with one attached hydrogen (secondary N) is 1. The van der Waals surface area contributed by atoms with Crippen LogP contribution in [0.3, 0.4) is 0 Å². The molecule has 1 N–H and O–H groups in total. The van der Waals surface area contributed by atoms with Crippen LogP contribution in [-0.2, 0) is 14.3 Å². The second-order valence-corrected chi connectivity index (χ2v) is 5.66. The van der Waals surface area contributed by atoms with Crippen LogP contribution in [0.1, 0.15) is 24.4 Å². The summed E-state index contributed by atoms with van der Waals surface area (Å²) in [7, 11) is 1.61. The highest BCUT2D eigenvalue weighted by Gasteiger charge is 2.47. The summed E-state index contributed by atoms with van der Waals surface area (Å²) in [6.07, 6.45) is 2.04. The molecule has 0 aromatic heterocycles. The molecule has 1 saturated heterocycles. The van der Waals surface area contributed by atoms with E-state index in [1.54, 1.807) is 12.0 Å². The van der Waals surface area contributed by atoms with Crippen LogP contribution < -0.4 is 5.32 Å². The third-order valence-electron chi connectivity index (χ3n) is 4.16. The van der Waals surface area contributed by atoms with Gasteiger partial charge in [0.05, 0.1) is 6.61 Å². The van der Waals surface area contributed by atoms with Gasteiger partial charge in [-0.15, -0.1) is 0 Å². The molecule has 1 heterocycles. The average Bonchev–Trinajstić information content (AvgIpc) is 3.33. The van der Waals surface area contributed by atoms with Gasteiger partial charge in [0.2, 0.25) is 5.91 Å². The molecule has 2 fully saturated rings. The number of carbonyl (C=O) groups is 2. The summed E-state index contributed by atoms with van der Waals surface area (Å²) in [6.45, 7) is 0.914. The minimum atomic E-state index is -0.578. The van der Waals surface area contributed by atoms with E-state index >= 15 is 0 Å². The van der Waals surface area contributed by atoms with Gasteiger partial charge in [0.1, 0.15) is 12.1 Å². The topological polar surface area (TPSA) is 58.6 Å². The summed E-state index contributed by atoms with van der Waals surface area (Å²) in [5, 5.41) is 2.89. The summed E-state index contributed by atoms with van der Waals surface area (Å²) < 4.78 is 5.09. The van der Waals surface area contributed by atoms with Crippen molar-refractivity contribution in [2.24, 2.45) is 5.92 Å². The van der Waals surface area contributed by atoms with Gasteiger partial charge in [0.25, 0.3) is 5.91 Å². The van der Waals surface area contributed by atoms with Gasteiger partial charge in [-0.1, -0.05) is 30.3 Å². The van der Waals surface area contributed by atoms with Crippen LogP contribution in [0.15, 0.2) is 30.3 Å². The van der Waals surface area contributed by atoms with Gasteiger partial charge >= 0.3 is 0 Å². The molecule has 0 bridgehead atoms. The van der Waals surface area contributed by atoms with Crippen molar-refractivity contribution < 1.29 is 14.3 Å². The number of ether oxygens (including phenoxy) is 1. The number of hydrogen-bond acceptors (Lipinski definition) is 3. The lowest BCUT2D eigenvalue weighted by atomic mass is 9.98. The maximum absolute atomic E-state index is 12.8. The molecule has 21 heavy (non-hydrogen) atoms. The molecular formula is C16H20N2O3. The first kappa shape index (κ1) is 14.1. The van der Waals surface area contributed by atoms with Gasteiger partial charge in [-0.05, 0) is 24.3 Å². The lowest BCUT2D eigenvalue weighted by molar-refractivity contribution is -0.151. The lowest BCUT2D eigenvalue weighted by Gasteiger charge is -2.39. The maximum atomic E-state index is 12.8. The van der Waals surface area contributed by atoms with Crippen molar-refractivity contribution in [1.82, 2.24) is 10.2 Å². The highest BCUT2D eigenvalue weighted by atomic mass is 16.5. The molecule has 0 spiro atoms. The quantitative estimate of drug-likeness (QED) is 0.883. The van der Waals surface area contributed by atoms with Crippen molar-refractivity contribution in [3.63, 3.8) is 0 Å². The van der Waals surface area contributed by atoms with E-state index in [-0.39, 0.29) is 17.9 Å². The first-order valence-electron chi connectivity index (χ1n) is 7.37. The van der Waals surface area contributed by atoms with E-state index < -0.39 is 6.04 Å². The van der Waals surface area contributed by atoms with Gasteiger partial charge in [-0.2, -0.15) is 0 Å². The Kier molecular flexibility index (Phi) is 3.92. The van der Waals surface area contributed by atoms with Crippen molar-refractivity contribution >= 4 is 11.8 Å². The van der Waals surface area contributed by atoms with Crippen LogP contribution in [0.5, 0.6) is 0 Å². The van der Waals surface area contributed by atoms with Crippen molar-refractivity contribution in [3.8, 4) is 0 Å². The van der Waals surface area contributed by atoms with Crippen LogP contribution >= 0.6 is 0 Å². The molecule has 2 amide bonds. The highest BCUT2D eigenvalue weighted by Crippen LogP contribution is 2.38. The van der Waals surface area contributed by atoms with Crippen molar-refractivity contribution in [3.05, 3.63) is 35.9 Å². The molecule has 5 nitrogen and oxygen atoms in total. The number of methoxy groups -OCH3 is 1. The SMILES string of the molecule is COCCN1C(=O)C(c2ccccc2)NC(=O)C1C1CC1. The molecule has 2 unspecified atom stereocenters. The van der Waals surface area contributed by atoms with Gasteiger partial charge in [-0.3, -0.25) is 9.59 Å². The number of nitrogens with zero attached hydrogens (tertiary/aromatic N) is 1. The molecule has 2 atom stereocenters. The molecule has 1 aliphatic carbocycles. The monoisotopic (exact) mass is 288 g/mol. The predicted octanol–water partition coefficient (Wildman–Crippen LogP) is 1.11. The molecule has 112 valence electrons. The molecule has 1 aromatic rings. The predicted molar refractivity (Wildman–Crippen MR) is 77.4 cm³/mol. The number of rotatable bonds is 5. The van der Waals surface area contributed by atoms with E-state index in [0.29, 0.717) is 19.1 Å². The van der Waals surface area contributed by atoms with Crippen LogP contribution in [0, 0.1) is 5.92 Å². The number of benzene rings is 1. The zero-order valence-electron chi connectivity index (χ0n) is 12.1. The Bertz CT molecular complexity index is 528. The smallest absolute Gasteiger partial charge is 0.250 e. The number of hydrogen-bond donors (Lipinski definition) is 1. The van der Waals surface area contributed by atoms with Gasteiger partial charge in [-0.25, -0.2) is 0 Å². The molecule has 0 radical (unpaired) electrons. The number of piperazine rings is 1. The van der Waals surface area contributed by atoms with E-state index in [1.807, 2.05) is 30.3 Å². The van der Waals surface area contributed by atoms with Crippen LogP contribution in [0.4, 0.5) is 0 Å². The number of carbonyl (C=O) groups excluding carboxylic acids is 2. The standard InChI is InChI=1S/C16H20N2O3/c1-21-10-9-18-14(12-7-8-12)15(19)17-13(16(18)20)11-5-3-2-4-6-11/h2-6,12-14H,7-10H2,1H3,(H,17,19). The Labute approximate surface area is 124 Å². The van der Waals surface area contributed by atoms with E-state index in [4.69, 9.17) is 4.74 Å². The Hall–Kier alpha value is -1.88. The molecule has 1 aliphatic heterocycles. The van der Waals surface area contributed by atoms with E-state index in [9.17, 15) is 9.59 Å². The van der Waals surface area contributed by atoms with Gasteiger partial charge in [0.15, 0.2) is 0 Å². The van der Waals surface area contributed by atoms with Crippen LogP contribution in [-0.4, -0.2) is 43.0 Å². The molecule has 2 aliphatic rings. The summed E-state index contributed by atoms with van der Waals surface area (Å²) in [5.41, 5.74) is 0.826. The molecule has 5 heteroatoms. The zero-order valence-corrected chi connectivity index (χ0v) is 12.1. The van der Waals surface area contributed by atoms with E-state index in [0.717, 1.165) is 18.4 Å². The largest absolute Gasteiger partial charge is 0.383 e. The fourth-order valence-corrected chi connectivity index (χ4v) is 2.92. The molecule has 3 rings (SSSR count). The summed E-state index contributed by atoms with van der Waals surface area (Å²) in [5.74, 6) is 0.235. The first-order valence-corrected chi connectivity index (χ1v) is 7.37. The molecule has 1 aromatic carbocycles. The third kappa shape index (κ3) is 2.78. The summed E-state index contributed by atoms with van der Waals surface area (Å²) in [6, 6.07) is 8.48. The van der Waals surface area contributed by atoms with Crippen molar-refractivity contribution in [2.45, 2.75) is 24.9 Å². The minimum absolute atomic E-state index is 0.0326. The summed E-state index contributed by atoms with van der Waals surface area (Å²) >= 11 is 0. The lowest BCUT2D eigenvalue weighted by Crippen LogP contribution is -2.61. The van der Waals surface area contributed by atoms with Crippen molar-refractivity contribution in [1.29, 1.82) is 0 Å². The Morgan fingerprint density at radius 2 is 1.95 bits per heavy atom. The van der Waals surface area contributed by atoms with Crippen molar-refractivity contribution in [2.75, 3.05) is 20.3 Å². The molecular weight excluding hydrogens is 268 g/mol. The zero-order chi connectivity index (χ0) is 14.8. The Balaban J connectivity index is 1.85. The van der Waals surface area contributed by atoms with Gasteiger partial charge < -0.3 is 15.0 Å².